The van der Waals surface area contributed by atoms with Crippen LogP contribution < -0.4 is 15.8 Å². The molecule has 0 saturated heterocycles. The molecule has 1 aromatic carbocycles. The van der Waals surface area contributed by atoms with E-state index in [1.165, 1.54) is 13.2 Å². The number of amides is 1. The number of aromatic nitrogens is 1. The number of pyridine rings is 1. The van der Waals surface area contributed by atoms with E-state index in [0.29, 0.717) is 17.4 Å². The summed E-state index contributed by atoms with van der Waals surface area (Å²) in [5.41, 5.74) is 7.30. The van der Waals surface area contributed by atoms with Crippen molar-refractivity contribution in [1.82, 2.24) is 10.3 Å². The van der Waals surface area contributed by atoms with Crippen LogP contribution in [-0.4, -0.2) is 24.5 Å². The molecule has 5 nitrogen and oxygen atoms in total. The minimum Gasteiger partial charge on any atom is -0.494 e. The van der Waals surface area contributed by atoms with Crippen molar-refractivity contribution in [3.63, 3.8) is 0 Å². The molecule has 0 bridgehead atoms. The third-order valence-electron chi connectivity index (χ3n) is 5.60. The van der Waals surface area contributed by atoms with E-state index in [2.05, 4.69) is 10.3 Å². The summed E-state index contributed by atoms with van der Waals surface area (Å²) in [7, 11) is 1.42. The number of rotatable bonds is 7. The lowest BCUT2D eigenvalue weighted by atomic mass is 9.77. The molecule has 0 aliphatic heterocycles. The van der Waals surface area contributed by atoms with Gasteiger partial charge in [0.05, 0.1) is 25.3 Å². The van der Waals surface area contributed by atoms with Crippen molar-refractivity contribution in [3.8, 4) is 5.75 Å². The van der Waals surface area contributed by atoms with E-state index in [1.807, 2.05) is 18.2 Å². The average Bonchev–Trinajstić information content (AvgIpc) is 2.73. The summed E-state index contributed by atoms with van der Waals surface area (Å²) >= 11 is 0. The Kier molecular flexibility index (Phi) is 6.98. The van der Waals surface area contributed by atoms with Crippen molar-refractivity contribution >= 4 is 5.91 Å². The minimum absolute atomic E-state index is 0.113. The van der Waals surface area contributed by atoms with E-state index in [0.717, 1.165) is 37.9 Å². The van der Waals surface area contributed by atoms with Crippen molar-refractivity contribution in [1.29, 1.82) is 0 Å². The number of nitrogens with two attached hydrogens (primary N) is 1. The fourth-order valence-corrected chi connectivity index (χ4v) is 3.98. The molecule has 1 aliphatic carbocycles. The maximum absolute atomic E-state index is 13.9. The number of hydrogen-bond donors (Lipinski definition) is 2. The van der Waals surface area contributed by atoms with Crippen molar-refractivity contribution < 1.29 is 13.9 Å². The summed E-state index contributed by atoms with van der Waals surface area (Å²) in [6.07, 6.45) is 6.04. The Bertz CT molecular complexity index is 777. The standard InChI is InChI=1S/C22H28FN3O2/c1-28-20-10-7-16(12-18(20)23)13-21(27)26-22(19-4-2-3-11-25-19)17-8-5-15(14-24)6-9-17/h2-4,7,10-12,15,17,22H,5-6,8-9,13-14,24H2,1H3,(H,26,27)/t15?,17?,22-/m0/s1. The first-order valence-electron chi connectivity index (χ1n) is 9.83. The predicted octanol–water partition coefficient (Wildman–Crippen LogP) is 3.39. The number of methoxy groups -OCH3 is 1. The molecule has 1 heterocycles. The molecule has 2 aromatic rings. The van der Waals surface area contributed by atoms with E-state index in [4.69, 9.17) is 10.5 Å². The zero-order valence-electron chi connectivity index (χ0n) is 16.2. The van der Waals surface area contributed by atoms with Gasteiger partial charge in [-0.3, -0.25) is 9.78 Å². The maximum atomic E-state index is 13.9. The normalized spacial score (nSPS) is 20.4. The van der Waals surface area contributed by atoms with Crippen LogP contribution in [0.5, 0.6) is 5.75 Å². The Morgan fingerprint density at radius 1 is 1.29 bits per heavy atom. The molecule has 150 valence electrons. The highest BCUT2D eigenvalue weighted by Crippen LogP contribution is 2.36. The lowest BCUT2D eigenvalue weighted by molar-refractivity contribution is -0.121. The molecule has 1 saturated carbocycles. The molecule has 1 aromatic heterocycles. The number of carbonyl (C=O) groups excluding carboxylic acids is 1. The molecule has 0 unspecified atom stereocenters. The molecular formula is C22H28FN3O2. The summed E-state index contributed by atoms with van der Waals surface area (Å²) in [4.78, 5) is 17.2. The third-order valence-corrected chi connectivity index (χ3v) is 5.60. The lowest BCUT2D eigenvalue weighted by Crippen LogP contribution is -2.37. The summed E-state index contributed by atoms with van der Waals surface area (Å²) in [5, 5.41) is 3.15. The van der Waals surface area contributed by atoms with Gasteiger partial charge in [0.15, 0.2) is 11.6 Å². The van der Waals surface area contributed by atoms with Crippen molar-refractivity contribution in [2.24, 2.45) is 17.6 Å². The van der Waals surface area contributed by atoms with Crippen LogP contribution in [-0.2, 0) is 11.2 Å². The largest absolute Gasteiger partial charge is 0.494 e. The van der Waals surface area contributed by atoms with Gasteiger partial charge in [0, 0.05) is 6.20 Å². The van der Waals surface area contributed by atoms with Crippen molar-refractivity contribution in [3.05, 3.63) is 59.7 Å². The van der Waals surface area contributed by atoms with Crippen LogP contribution in [0.25, 0.3) is 0 Å². The molecule has 0 spiro atoms. The smallest absolute Gasteiger partial charge is 0.224 e. The van der Waals surface area contributed by atoms with Crippen LogP contribution in [0.15, 0.2) is 42.6 Å². The number of benzene rings is 1. The number of nitrogens with one attached hydrogen (secondary N) is 1. The van der Waals surface area contributed by atoms with Gasteiger partial charge in [0.1, 0.15) is 0 Å². The van der Waals surface area contributed by atoms with Crippen LogP contribution in [0.1, 0.15) is 43.0 Å². The number of halogens is 1. The van der Waals surface area contributed by atoms with Gasteiger partial charge in [-0.05, 0) is 73.9 Å². The summed E-state index contributed by atoms with van der Waals surface area (Å²) in [6.45, 7) is 0.719. The first kappa shape index (κ1) is 20.3. The van der Waals surface area contributed by atoms with Gasteiger partial charge in [-0.2, -0.15) is 0 Å². The molecule has 28 heavy (non-hydrogen) atoms. The predicted molar refractivity (Wildman–Crippen MR) is 106 cm³/mol. The van der Waals surface area contributed by atoms with E-state index >= 15 is 0 Å². The minimum atomic E-state index is -0.464. The van der Waals surface area contributed by atoms with Crippen LogP contribution in [0.4, 0.5) is 4.39 Å². The monoisotopic (exact) mass is 385 g/mol. The zero-order valence-corrected chi connectivity index (χ0v) is 16.2. The second-order valence-corrected chi connectivity index (χ2v) is 7.46. The summed E-state index contributed by atoms with van der Waals surface area (Å²) in [5.74, 6) is 0.468. The van der Waals surface area contributed by atoms with Crippen LogP contribution >= 0.6 is 0 Å². The fraction of sp³-hybridized carbons (Fsp3) is 0.455. The van der Waals surface area contributed by atoms with E-state index in [-0.39, 0.29) is 24.1 Å². The summed E-state index contributed by atoms with van der Waals surface area (Å²) in [6, 6.07) is 10.2. The summed E-state index contributed by atoms with van der Waals surface area (Å²) < 4.78 is 18.8. The quantitative estimate of drug-likeness (QED) is 0.766. The van der Waals surface area contributed by atoms with Gasteiger partial charge in [-0.15, -0.1) is 0 Å². The van der Waals surface area contributed by atoms with Crippen molar-refractivity contribution in [2.75, 3.05) is 13.7 Å². The Morgan fingerprint density at radius 2 is 2.07 bits per heavy atom. The SMILES string of the molecule is COc1ccc(CC(=O)N[C@H](c2ccccn2)C2CCC(CN)CC2)cc1F. The molecule has 3 N–H and O–H groups in total. The molecule has 0 radical (unpaired) electrons. The van der Waals surface area contributed by atoms with Gasteiger partial charge >= 0.3 is 0 Å². The van der Waals surface area contributed by atoms with Gasteiger partial charge < -0.3 is 15.8 Å². The number of nitrogens with zero attached hydrogens (tertiary/aromatic N) is 1. The van der Waals surface area contributed by atoms with E-state index < -0.39 is 5.82 Å². The second kappa shape index (κ2) is 9.64. The first-order valence-corrected chi connectivity index (χ1v) is 9.83. The van der Waals surface area contributed by atoms with Gasteiger partial charge in [0.2, 0.25) is 5.91 Å². The Labute approximate surface area is 165 Å². The Morgan fingerprint density at radius 3 is 2.68 bits per heavy atom. The fourth-order valence-electron chi connectivity index (χ4n) is 3.98. The zero-order chi connectivity index (χ0) is 19.9. The molecule has 6 heteroatoms. The highest BCUT2D eigenvalue weighted by molar-refractivity contribution is 5.79. The van der Waals surface area contributed by atoms with E-state index in [9.17, 15) is 9.18 Å². The second-order valence-electron chi connectivity index (χ2n) is 7.46. The number of hydrogen-bond acceptors (Lipinski definition) is 4. The Hall–Kier alpha value is -2.47. The third kappa shape index (κ3) is 5.07. The molecule has 1 amide bonds. The van der Waals surface area contributed by atoms with Crippen LogP contribution in [0.3, 0.4) is 0 Å². The van der Waals surface area contributed by atoms with Crippen LogP contribution in [0.2, 0.25) is 0 Å². The first-order chi connectivity index (χ1) is 13.6. The topological polar surface area (TPSA) is 77.2 Å². The van der Waals surface area contributed by atoms with Gasteiger partial charge in [-0.25, -0.2) is 4.39 Å². The molecule has 3 rings (SSSR count). The molecule has 1 atom stereocenters. The molecule has 1 fully saturated rings. The van der Waals surface area contributed by atoms with E-state index in [1.54, 1.807) is 18.3 Å². The lowest BCUT2D eigenvalue weighted by Gasteiger charge is -2.33. The molecular weight excluding hydrogens is 357 g/mol. The molecule has 1 aliphatic rings. The highest BCUT2D eigenvalue weighted by Gasteiger charge is 2.30. The number of ether oxygens (including phenoxy) is 1. The van der Waals surface area contributed by atoms with Gasteiger partial charge in [-0.1, -0.05) is 12.1 Å². The van der Waals surface area contributed by atoms with Crippen molar-refractivity contribution in [2.45, 2.75) is 38.1 Å². The average molecular weight is 385 g/mol. The highest BCUT2D eigenvalue weighted by atomic mass is 19.1. The van der Waals surface area contributed by atoms with Gasteiger partial charge in [0.25, 0.3) is 0 Å². The number of carbonyl (C=O) groups is 1. The maximum Gasteiger partial charge on any atom is 0.224 e. The Balaban J connectivity index is 1.70. The van der Waals surface area contributed by atoms with Crippen LogP contribution in [0, 0.1) is 17.7 Å².